The quantitative estimate of drug-likeness (QED) is 0.460. The maximum absolute atomic E-state index is 13.8. The van der Waals surface area contributed by atoms with Crippen molar-refractivity contribution in [3.05, 3.63) is 102 Å². The first kappa shape index (κ1) is 19.3. The second-order valence-electron chi connectivity index (χ2n) is 6.69. The Bertz CT molecular complexity index is 1190. The average molecular weight is 398 g/mol. The van der Waals surface area contributed by atoms with Crippen molar-refractivity contribution in [3.8, 4) is 11.3 Å². The van der Waals surface area contributed by atoms with Crippen molar-refractivity contribution in [1.29, 1.82) is 0 Å². The number of nitrogens with zero attached hydrogens (tertiary/aromatic N) is 2. The van der Waals surface area contributed by atoms with Gasteiger partial charge in [0.25, 0.3) is 5.91 Å². The van der Waals surface area contributed by atoms with Crippen LogP contribution in [-0.2, 0) is 0 Å². The van der Waals surface area contributed by atoms with Gasteiger partial charge in [-0.05, 0) is 37.3 Å². The van der Waals surface area contributed by atoms with Gasteiger partial charge < -0.3 is 10.6 Å². The number of nitrogens with one attached hydrogen (secondary N) is 2. The predicted octanol–water partition coefficient (Wildman–Crippen LogP) is 5.59. The number of anilines is 3. The molecule has 0 unspecified atom stereocenters. The second-order valence-corrected chi connectivity index (χ2v) is 6.69. The van der Waals surface area contributed by atoms with Gasteiger partial charge in [0.05, 0.1) is 11.3 Å². The molecule has 0 fully saturated rings. The van der Waals surface area contributed by atoms with Gasteiger partial charge in [0.1, 0.15) is 17.5 Å². The molecule has 3 aromatic carbocycles. The van der Waals surface area contributed by atoms with Crippen molar-refractivity contribution in [2.75, 3.05) is 10.6 Å². The fourth-order valence-electron chi connectivity index (χ4n) is 3.05. The fraction of sp³-hybridized carbons (Fsp3) is 0.0417. The number of carbonyl (C=O) groups is 1. The second kappa shape index (κ2) is 8.53. The van der Waals surface area contributed by atoms with Gasteiger partial charge in [0, 0.05) is 23.0 Å². The van der Waals surface area contributed by atoms with Crippen LogP contribution >= 0.6 is 0 Å². The molecule has 1 heterocycles. The van der Waals surface area contributed by atoms with Crippen molar-refractivity contribution in [2.24, 2.45) is 0 Å². The molecule has 1 aromatic heterocycles. The number of aryl methyl sites for hydroxylation is 1. The number of aromatic nitrogens is 2. The monoisotopic (exact) mass is 398 g/mol. The molecule has 1 amide bonds. The van der Waals surface area contributed by atoms with E-state index in [0.29, 0.717) is 17.3 Å². The number of benzene rings is 3. The lowest BCUT2D eigenvalue weighted by atomic mass is 10.1. The standard InChI is InChI=1S/C24H19FN4O/c1-16-26-22(17-8-3-2-4-9-17)15-23(27-16)28-18-10-7-11-19(14-18)29-24(30)20-12-5-6-13-21(20)25/h2-15H,1H3,(H,29,30)(H,26,27,28). The lowest BCUT2D eigenvalue weighted by Gasteiger charge is -2.11. The van der Waals surface area contributed by atoms with E-state index in [0.717, 1.165) is 16.9 Å². The molecule has 6 heteroatoms. The van der Waals surface area contributed by atoms with E-state index in [1.54, 1.807) is 30.3 Å². The largest absolute Gasteiger partial charge is 0.340 e. The van der Waals surface area contributed by atoms with Gasteiger partial charge in [0.2, 0.25) is 0 Å². The van der Waals surface area contributed by atoms with Crippen molar-refractivity contribution in [3.63, 3.8) is 0 Å². The molecule has 5 nitrogen and oxygen atoms in total. The molecule has 0 aliphatic carbocycles. The van der Waals surface area contributed by atoms with E-state index in [-0.39, 0.29) is 5.56 Å². The highest BCUT2D eigenvalue weighted by Gasteiger charge is 2.11. The normalized spacial score (nSPS) is 10.5. The lowest BCUT2D eigenvalue weighted by molar-refractivity contribution is 0.102. The fourth-order valence-corrected chi connectivity index (χ4v) is 3.05. The smallest absolute Gasteiger partial charge is 0.258 e. The van der Waals surface area contributed by atoms with Crippen LogP contribution in [0.5, 0.6) is 0 Å². The maximum Gasteiger partial charge on any atom is 0.258 e. The van der Waals surface area contributed by atoms with Crippen LogP contribution in [0.15, 0.2) is 84.9 Å². The molecule has 0 saturated heterocycles. The van der Waals surface area contributed by atoms with Crippen LogP contribution in [0, 0.1) is 12.7 Å². The summed E-state index contributed by atoms with van der Waals surface area (Å²) in [5.74, 6) is 0.213. The highest BCUT2D eigenvalue weighted by atomic mass is 19.1. The first-order valence-corrected chi connectivity index (χ1v) is 9.42. The van der Waals surface area contributed by atoms with E-state index in [4.69, 9.17) is 0 Å². The van der Waals surface area contributed by atoms with E-state index in [1.165, 1.54) is 12.1 Å². The number of hydrogen-bond acceptors (Lipinski definition) is 4. The third-order valence-electron chi connectivity index (χ3n) is 4.42. The van der Waals surface area contributed by atoms with Gasteiger partial charge in [-0.15, -0.1) is 0 Å². The minimum atomic E-state index is -0.561. The van der Waals surface area contributed by atoms with Crippen LogP contribution in [0.25, 0.3) is 11.3 Å². The Morgan fingerprint density at radius 1 is 0.833 bits per heavy atom. The molecule has 0 aliphatic heterocycles. The minimum Gasteiger partial charge on any atom is -0.340 e. The van der Waals surface area contributed by atoms with E-state index in [9.17, 15) is 9.18 Å². The summed E-state index contributed by atoms with van der Waals surface area (Å²) in [5, 5.41) is 5.97. The molecule has 0 saturated carbocycles. The zero-order valence-corrected chi connectivity index (χ0v) is 16.3. The Kier molecular flexibility index (Phi) is 5.48. The lowest BCUT2D eigenvalue weighted by Crippen LogP contribution is -2.13. The van der Waals surface area contributed by atoms with Gasteiger partial charge in [-0.2, -0.15) is 0 Å². The molecule has 0 aliphatic rings. The van der Waals surface area contributed by atoms with Crippen LogP contribution in [-0.4, -0.2) is 15.9 Å². The van der Waals surface area contributed by atoms with Gasteiger partial charge in [-0.3, -0.25) is 4.79 Å². The predicted molar refractivity (Wildman–Crippen MR) is 116 cm³/mol. The minimum absolute atomic E-state index is 0.00482. The summed E-state index contributed by atoms with van der Waals surface area (Å²) >= 11 is 0. The number of hydrogen-bond donors (Lipinski definition) is 2. The first-order valence-electron chi connectivity index (χ1n) is 9.42. The molecule has 30 heavy (non-hydrogen) atoms. The Hall–Kier alpha value is -4.06. The number of carbonyl (C=O) groups excluding carboxylic acids is 1. The van der Waals surface area contributed by atoms with Crippen LogP contribution in [0.3, 0.4) is 0 Å². The molecule has 4 rings (SSSR count). The summed E-state index contributed by atoms with van der Waals surface area (Å²) in [6, 6.07) is 24.8. The third kappa shape index (κ3) is 4.50. The van der Waals surface area contributed by atoms with Gasteiger partial charge >= 0.3 is 0 Å². The van der Waals surface area contributed by atoms with E-state index in [2.05, 4.69) is 20.6 Å². The highest BCUT2D eigenvalue weighted by molar-refractivity contribution is 6.04. The Morgan fingerprint density at radius 2 is 1.57 bits per heavy atom. The van der Waals surface area contributed by atoms with Crippen LogP contribution in [0.2, 0.25) is 0 Å². The molecule has 0 atom stereocenters. The Morgan fingerprint density at radius 3 is 2.37 bits per heavy atom. The van der Waals surface area contributed by atoms with Gasteiger partial charge in [0.15, 0.2) is 0 Å². The van der Waals surface area contributed by atoms with Crippen molar-refractivity contribution < 1.29 is 9.18 Å². The van der Waals surface area contributed by atoms with Crippen molar-refractivity contribution in [2.45, 2.75) is 6.92 Å². The molecule has 148 valence electrons. The summed E-state index contributed by atoms with van der Waals surface area (Å²) in [6.45, 7) is 1.84. The highest BCUT2D eigenvalue weighted by Crippen LogP contribution is 2.24. The maximum atomic E-state index is 13.8. The van der Waals surface area contributed by atoms with Gasteiger partial charge in [-0.25, -0.2) is 14.4 Å². The number of rotatable bonds is 5. The molecule has 0 radical (unpaired) electrons. The molecule has 4 aromatic rings. The molecule has 0 spiro atoms. The zero-order chi connectivity index (χ0) is 20.9. The van der Waals surface area contributed by atoms with Crippen molar-refractivity contribution in [1.82, 2.24) is 9.97 Å². The molecular formula is C24H19FN4O. The van der Waals surface area contributed by atoms with E-state index < -0.39 is 11.7 Å². The summed E-state index contributed by atoms with van der Waals surface area (Å²) in [7, 11) is 0. The number of halogens is 1. The number of amides is 1. The molecular weight excluding hydrogens is 379 g/mol. The Balaban J connectivity index is 1.54. The molecule has 2 N–H and O–H groups in total. The SMILES string of the molecule is Cc1nc(Nc2cccc(NC(=O)c3ccccc3F)c2)cc(-c2ccccc2)n1. The Labute approximate surface area is 173 Å². The summed E-state index contributed by atoms with van der Waals surface area (Å²) < 4.78 is 13.8. The average Bonchev–Trinajstić information content (AvgIpc) is 2.74. The zero-order valence-electron chi connectivity index (χ0n) is 16.3. The van der Waals surface area contributed by atoms with Gasteiger partial charge in [-0.1, -0.05) is 48.5 Å². The van der Waals surface area contributed by atoms with E-state index >= 15 is 0 Å². The topological polar surface area (TPSA) is 66.9 Å². The third-order valence-corrected chi connectivity index (χ3v) is 4.42. The van der Waals surface area contributed by atoms with E-state index in [1.807, 2.05) is 49.4 Å². The first-order chi connectivity index (χ1) is 14.6. The summed E-state index contributed by atoms with van der Waals surface area (Å²) in [4.78, 5) is 21.3. The van der Waals surface area contributed by atoms with Crippen molar-refractivity contribution >= 4 is 23.1 Å². The molecule has 0 bridgehead atoms. The summed E-state index contributed by atoms with van der Waals surface area (Å²) in [6.07, 6.45) is 0. The summed E-state index contributed by atoms with van der Waals surface area (Å²) in [5.41, 5.74) is 3.09. The van der Waals surface area contributed by atoms with Crippen LogP contribution in [0.4, 0.5) is 21.6 Å². The van der Waals surface area contributed by atoms with Crippen LogP contribution < -0.4 is 10.6 Å². The van der Waals surface area contributed by atoms with Crippen LogP contribution in [0.1, 0.15) is 16.2 Å².